The third-order valence-electron chi connectivity index (χ3n) is 3.49. The topological polar surface area (TPSA) is 53.7 Å². The lowest BCUT2D eigenvalue weighted by Crippen LogP contribution is -2.38. The van der Waals surface area contributed by atoms with Gasteiger partial charge in [-0.25, -0.2) is 0 Å². The Morgan fingerprint density at radius 1 is 1.39 bits per heavy atom. The summed E-state index contributed by atoms with van der Waals surface area (Å²) in [7, 11) is 3.76. The zero-order valence-corrected chi connectivity index (χ0v) is 16.8. The Hall–Kier alpha value is -1.28. The van der Waals surface area contributed by atoms with Crippen LogP contribution in [-0.4, -0.2) is 30.1 Å². The fourth-order valence-electron chi connectivity index (χ4n) is 2.29. The van der Waals surface area contributed by atoms with Gasteiger partial charge in [-0.2, -0.15) is 0 Å². The van der Waals surface area contributed by atoms with E-state index in [4.69, 9.17) is 16.1 Å². The van der Waals surface area contributed by atoms with E-state index in [9.17, 15) is 0 Å². The maximum atomic E-state index is 6.02. The predicted octanol–water partition coefficient (Wildman–Crippen LogP) is 3.77. The monoisotopic (exact) mass is 448 g/mol. The van der Waals surface area contributed by atoms with Gasteiger partial charge in [0.25, 0.3) is 0 Å². The van der Waals surface area contributed by atoms with Crippen molar-refractivity contribution in [2.24, 2.45) is 4.99 Å². The van der Waals surface area contributed by atoms with Crippen LogP contribution in [0.3, 0.4) is 0 Å². The number of hydrogen-bond acceptors (Lipinski definition) is 3. The second kappa shape index (κ2) is 9.12. The van der Waals surface area contributed by atoms with Crippen LogP contribution in [0.5, 0.6) is 0 Å². The Bertz CT molecular complexity index is 652. The SMILES string of the molecule is CN=C(NCc1c(C)noc1C)N(C)Cc1cccc(Cl)c1.I. The van der Waals surface area contributed by atoms with Crippen molar-refractivity contribution in [2.45, 2.75) is 26.9 Å². The predicted molar refractivity (Wildman–Crippen MR) is 105 cm³/mol. The van der Waals surface area contributed by atoms with Crippen LogP contribution in [0, 0.1) is 13.8 Å². The zero-order chi connectivity index (χ0) is 16.1. The Labute approximate surface area is 159 Å². The summed E-state index contributed by atoms with van der Waals surface area (Å²) in [6, 6.07) is 7.82. The van der Waals surface area contributed by atoms with Crippen molar-refractivity contribution in [3.05, 3.63) is 51.9 Å². The Balaban J connectivity index is 0.00000264. The molecule has 0 fully saturated rings. The molecule has 0 spiro atoms. The number of aryl methyl sites for hydroxylation is 2. The molecular weight excluding hydrogens is 427 g/mol. The Morgan fingerprint density at radius 3 is 2.70 bits per heavy atom. The minimum Gasteiger partial charge on any atom is -0.361 e. The molecular formula is C16H22ClIN4O. The first-order chi connectivity index (χ1) is 10.5. The lowest BCUT2D eigenvalue weighted by molar-refractivity contribution is 0.392. The molecule has 126 valence electrons. The van der Waals surface area contributed by atoms with Gasteiger partial charge in [-0.1, -0.05) is 28.9 Å². The van der Waals surface area contributed by atoms with Crippen LogP contribution in [0.25, 0.3) is 0 Å². The van der Waals surface area contributed by atoms with Crippen LogP contribution in [0.2, 0.25) is 5.02 Å². The zero-order valence-electron chi connectivity index (χ0n) is 13.8. The standard InChI is InChI=1S/C16H21ClN4O.HI/c1-11-15(12(2)22-20-11)9-19-16(18-3)21(4)10-13-6-5-7-14(17)8-13;/h5-8H,9-10H2,1-4H3,(H,18,19);1H. The lowest BCUT2D eigenvalue weighted by Gasteiger charge is -2.22. The molecule has 23 heavy (non-hydrogen) atoms. The highest BCUT2D eigenvalue weighted by Gasteiger charge is 2.11. The van der Waals surface area contributed by atoms with E-state index in [-0.39, 0.29) is 24.0 Å². The highest BCUT2D eigenvalue weighted by Crippen LogP contribution is 2.13. The molecule has 0 saturated heterocycles. The van der Waals surface area contributed by atoms with Crippen LogP contribution < -0.4 is 5.32 Å². The maximum Gasteiger partial charge on any atom is 0.193 e. The van der Waals surface area contributed by atoms with Gasteiger partial charge in [-0.3, -0.25) is 4.99 Å². The fraction of sp³-hybridized carbons (Fsp3) is 0.375. The smallest absolute Gasteiger partial charge is 0.193 e. The number of halogens is 2. The summed E-state index contributed by atoms with van der Waals surface area (Å²) in [5.74, 6) is 1.64. The van der Waals surface area contributed by atoms with Gasteiger partial charge in [0.2, 0.25) is 0 Å². The lowest BCUT2D eigenvalue weighted by atomic mass is 10.2. The molecule has 1 aromatic heterocycles. The van der Waals surface area contributed by atoms with E-state index in [0.717, 1.165) is 40.1 Å². The van der Waals surface area contributed by atoms with Crippen LogP contribution in [0.4, 0.5) is 0 Å². The van der Waals surface area contributed by atoms with Crippen molar-refractivity contribution < 1.29 is 4.52 Å². The molecule has 0 bridgehead atoms. The summed E-state index contributed by atoms with van der Waals surface area (Å²) in [4.78, 5) is 6.36. The fourth-order valence-corrected chi connectivity index (χ4v) is 2.50. The van der Waals surface area contributed by atoms with Gasteiger partial charge in [-0.15, -0.1) is 24.0 Å². The van der Waals surface area contributed by atoms with Crippen molar-refractivity contribution >= 4 is 41.5 Å². The number of guanidine groups is 1. The minimum absolute atomic E-state index is 0. The molecule has 5 nitrogen and oxygen atoms in total. The van der Waals surface area contributed by atoms with Crippen molar-refractivity contribution in [1.82, 2.24) is 15.4 Å². The number of nitrogens with one attached hydrogen (secondary N) is 1. The summed E-state index contributed by atoms with van der Waals surface area (Å²) < 4.78 is 5.17. The van der Waals surface area contributed by atoms with Crippen molar-refractivity contribution in [1.29, 1.82) is 0 Å². The molecule has 0 aliphatic carbocycles. The van der Waals surface area contributed by atoms with Crippen LogP contribution in [0.15, 0.2) is 33.8 Å². The van der Waals surface area contributed by atoms with Gasteiger partial charge in [0.1, 0.15) is 5.76 Å². The molecule has 0 unspecified atom stereocenters. The van der Waals surface area contributed by atoms with Gasteiger partial charge >= 0.3 is 0 Å². The number of rotatable bonds is 4. The highest BCUT2D eigenvalue weighted by molar-refractivity contribution is 14.0. The van der Waals surface area contributed by atoms with E-state index in [1.165, 1.54) is 0 Å². The van der Waals surface area contributed by atoms with Gasteiger partial charge < -0.3 is 14.7 Å². The summed E-state index contributed by atoms with van der Waals surface area (Å²) in [5.41, 5.74) is 3.10. The molecule has 2 aromatic rings. The van der Waals surface area contributed by atoms with Crippen molar-refractivity contribution in [3.8, 4) is 0 Å². The third kappa shape index (κ3) is 5.39. The molecule has 0 amide bonds. The normalized spacial score (nSPS) is 11.1. The molecule has 1 aromatic carbocycles. The largest absolute Gasteiger partial charge is 0.361 e. The van der Waals surface area contributed by atoms with E-state index >= 15 is 0 Å². The van der Waals surface area contributed by atoms with E-state index in [2.05, 4.69) is 15.5 Å². The number of hydrogen-bond donors (Lipinski definition) is 1. The average Bonchev–Trinajstić information content (AvgIpc) is 2.79. The molecule has 0 aliphatic heterocycles. The van der Waals surface area contributed by atoms with Gasteiger partial charge in [0.05, 0.1) is 5.69 Å². The molecule has 0 aliphatic rings. The second-order valence-corrected chi connectivity index (χ2v) is 5.63. The Kier molecular flexibility index (Phi) is 7.84. The quantitative estimate of drug-likeness (QED) is 0.439. The Morgan fingerprint density at radius 2 is 2.13 bits per heavy atom. The number of aliphatic imine (C=N–C) groups is 1. The number of benzene rings is 1. The summed E-state index contributed by atoms with van der Waals surface area (Å²) in [6.07, 6.45) is 0. The van der Waals surface area contributed by atoms with E-state index in [1.54, 1.807) is 7.05 Å². The molecule has 2 rings (SSSR count). The van der Waals surface area contributed by atoms with E-state index < -0.39 is 0 Å². The molecule has 1 heterocycles. The summed E-state index contributed by atoms with van der Waals surface area (Å²) in [5, 5.41) is 8.03. The minimum atomic E-state index is 0. The van der Waals surface area contributed by atoms with Crippen molar-refractivity contribution in [3.63, 3.8) is 0 Å². The van der Waals surface area contributed by atoms with E-state index in [0.29, 0.717) is 6.54 Å². The number of nitrogens with zero attached hydrogens (tertiary/aromatic N) is 3. The van der Waals surface area contributed by atoms with Crippen LogP contribution in [0.1, 0.15) is 22.6 Å². The summed E-state index contributed by atoms with van der Waals surface area (Å²) >= 11 is 6.02. The van der Waals surface area contributed by atoms with Crippen LogP contribution in [-0.2, 0) is 13.1 Å². The first kappa shape index (κ1) is 19.8. The maximum absolute atomic E-state index is 6.02. The van der Waals surface area contributed by atoms with Crippen LogP contribution >= 0.6 is 35.6 Å². The third-order valence-corrected chi connectivity index (χ3v) is 3.72. The number of aromatic nitrogens is 1. The summed E-state index contributed by atoms with van der Waals surface area (Å²) in [6.45, 7) is 5.21. The van der Waals surface area contributed by atoms with Crippen molar-refractivity contribution in [2.75, 3.05) is 14.1 Å². The molecule has 0 atom stereocenters. The molecule has 0 saturated carbocycles. The first-order valence-electron chi connectivity index (χ1n) is 7.09. The van der Waals surface area contributed by atoms with Gasteiger partial charge in [-0.05, 0) is 31.5 Å². The highest BCUT2D eigenvalue weighted by atomic mass is 127. The average molecular weight is 449 g/mol. The molecule has 0 radical (unpaired) electrons. The first-order valence-corrected chi connectivity index (χ1v) is 7.47. The van der Waals surface area contributed by atoms with E-state index in [1.807, 2.05) is 50.1 Å². The molecule has 7 heteroatoms. The van der Waals surface area contributed by atoms with Gasteiger partial charge in [0.15, 0.2) is 5.96 Å². The van der Waals surface area contributed by atoms with Gasteiger partial charge in [0, 0.05) is 37.8 Å². The second-order valence-electron chi connectivity index (χ2n) is 5.19. The molecule has 1 N–H and O–H groups in total.